The fourth-order valence-corrected chi connectivity index (χ4v) is 2.16. The minimum absolute atomic E-state index is 0.250. The van der Waals surface area contributed by atoms with Gasteiger partial charge in [-0.3, -0.25) is 0 Å². The van der Waals surface area contributed by atoms with Crippen LogP contribution in [0.15, 0.2) is 0 Å². The summed E-state index contributed by atoms with van der Waals surface area (Å²) in [7, 11) is 0. The molecule has 0 spiro atoms. The third-order valence-corrected chi connectivity index (χ3v) is 3.62. The smallest absolute Gasteiger partial charge is 0.187 e. The molecule has 26 heavy (non-hydrogen) atoms. The van der Waals surface area contributed by atoms with Gasteiger partial charge in [-0.1, -0.05) is 0 Å². The maximum Gasteiger partial charge on any atom is 0.187 e. The molecule has 0 radical (unpaired) electrons. The van der Waals surface area contributed by atoms with Crippen molar-refractivity contribution in [2.24, 2.45) is 0 Å². The van der Waals surface area contributed by atoms with Crippen LogP contribution in [0.5, 0.6) is 0 Å². The number of hydrogen-bond acceptors (Lipinski definition) is 12. The van der Waals surface area contributed by atoms with E-state index in [2.05, 4.69) is 0 Å². The van der Waals surface area contributed by atoms with Crippen molar-refractivity contribution in [1.82, 2.24) is 0 Å². The fraction of sp³-hybridized carbons (Fsp3) is 1.00. The van der Waals surface area contributed by atoms with Crippen LogP contribution in [0.4, 0.5) is 0 Å². The molecular weight excluding hydrogens is 360 g/mol. The van der Waals surface area contributed by atoms with Gasteiger partial charge in [0.05, 0.1) is 19.8 Å². The van der Waals surface area contributed by atoms with Gasteiger partial charge in [-0.2, -0.15) is 0 Å². The molecule has 1 fully saturated rings. The largest absolute Gasteiger partial charge is 0.397 e. The molecule has 1 aliphatic rings. The Balaban J connectivity index is 0.00000194. The minimum Gasteiger partial charge on any atom is -0.397 e. The normalized spacial score (nSPS) is 33.6. The molecule has 10 N–H and O–H groups in total. The van der Waals surface area contributed by atoms with Crippen LogP contribution in [0.1, 0.15) is 6.92 Å². The van der Waals surface area contributed by atoms with Crippen LogP contribution in [0.3, 0.4) is 0 Å². The van der Waals surface area contributed by atoms with E-state index in [1.807, 2.05) is 0 Å². The predicted octanol–water partition coefficient (Wildman–Crippen LogP) is -5.76. The number of aliphatic hydroxyl groups excluding tert-OH is 10. The maximum atomic E-state index is 9.83. The summed E-state index contributed by atoms with van der Waals surface area (Å²) < 4.78 is 10.1. The van der Waals surface area contributed by atoms with Crippen LogP contribution in [0.2, 0.25) is 0 Å². The number of aliphatic hydroxyl groups is 10. The zero-order chi connectivity index (χ0) is 20.4. The van der Waals surface area contributed by atoms with Gasteiger partial charge in [-0.25, -0.2) is 0 Å². The summed E-state index contributed by atoms with van der Waals surface area (Å²) in [5.41, 5.74) is 0. The lowest BCUT2D eigenvalue weighted by Crippen LogP contribution is -2.61. The molecular formula is C14H30O12. The Hall–Kier alpha value is -0.480. The third-order valence-electron chi connectivity index (χ3n) is 3.62. The highest BCUT2D eigenvalue weighted by molar-refractivity contribution is 4.91. The zero-order valence-electron chi connectivity index (χ0n) is 14.3. The summed E-state index contributed by atoms with van der Waals surface area (Å²) in [6.07, 6.45) is -15.1. The third kappa shape index (κ3) is 6.92. The van der Waals surface area contributed by atoms with Gasteiger partial charge in [-0.05, 0) is 6.92 Å². The van der Waals surface area contributed by atoms with Crippen LogP contribution in [0, 0.1) is 0 Å². The van der Waals surface area contributed by atoms with E-state index in [1.165, 1.54) is 0 Å². The predicted molar refractivity (Wildman–Crippen MR) is 83.6 cm³/mol. The van der Waals surface area contributed by atoms with Crippen LogP contribution < -0.4 is 0 Å². The summed E-state index contributed by atoms with van der Waals surface area (Å²) in [5.74, 6) is 0. The van der Waals surface area contributed by atoms with Crippen LogP contribution in [-0.2, 0) is 9.47 Å². The average Bonchev–Trinajstić information content (AvgIpc) is 2.64. The van der Waals surface area contributed by atoms with Crippen molar-refractivity contribution in [3.8, 4) is 0 Å². The minimum atomic E-state index is -1.85. The zero-order valence-corrected chi connectivity index (χ0v) is 14.3. The van der Waals surface area contributed by atoms with Crippen molar-refractivity contribution in [2.75, 3.05) is 26.4 Å². The van der Waals surface area contributed by atoms with Crippen LogP contribution in [-0.4, -0.2) is 133 Å². The molecule has 0 saturated carbocycles. The van der Waals surface area contributed by atoms with Gasteiger partial charge in [0, 0.05) is 6.61 Å². The highest BCUT2D eigenvalue weighted by atomic mass is 16.7. The first-order chi connectivity index (χ1) is 12.2. The van der Waals surface area contributed by atoms with Crippen molar-refractivity contribution < 1.29 is 60.5 Å². The van der Waals surface area contributed by atoms with Gasteiger partial charge in [0.2, 0.25) is 0 Å². The Morgan fingerprint density at radius 2 is 1.35 bits per heavy atom. The molecule has 0 unspecified atom stereocenters. The topological polar surface area (TPSA) is 221 Å². The van der Waals surface area contributed by atoms with Gasteiger partial charge in [0.15, 0.2) is 6.29 Å². The molecule has 0 aliphatic carbocycles. The Morgan fingerprint density at radius 1 is 0.846 bits per heavy atom. The van der Waals surface area contributed by atoms with Crippen LogP contribution >= 0.6 is 0 Å². The number of hydrogen-bond donors (Lipinski definition) is 10. The van der Waals surface area contributed by atoms with E-state index in [9.17, 15) is 30.6 Å². The lowest BCUT2D eigenvalue weighted by molar-refractivity contribution is -0.327. The molecule has 12 nitrogen and oxygen atoms in total. The number of rotatable bonds is 8. The van der Waals surface area contributed by atoms with Crippen molar-refractivity contribution >= 4 is 0 Å². The van der Waals surface area contributed by atoms with Gasteiger partial charge >= 0.3 is 0 Å². The molecule has 1 aliphatic heterocycles. The Morgan fingerprint density at radius 3 is 1.77 bits per heavy atom. The highest BCUT2D eigenvalue weighted by Crippen LogP contribution is 2.24. The monoisotopic (exact) mass is 390 g/mol. The molecule has 0 aromatic rings. The van der Waals surface area contributed by atoms with E-state index in [0.717, 1.165) is 0 Å². The van der Waals surface area contributed by atoms with E-state index in [-0.39, 0.29) is 6.61 Å². The molecule has 0 bridgehead atoms. The van der Waals surface area contributed by atoms with E-state index >= 15 is 0 Å². The molecule has 0 amide bonds. The van der Waals surface area contributed by atoms with Gasteiger partial charge in [-0.15, -0.1) is 0 Å². The standard InChI is InChI=1S/C12H24O11.C2H6O/c13-1-4(16)7(18)11(5(17)2-14)23-12-10(21)9(20)8(19)6(3-15)22-12;1-2-3/h4-21H,1-3H2;3H,2H2,1H3/t4-,5+,6+,7+,8+,9-,10+,11+,12+;/m0./s1. The molecule has 0 aromatic carbocycles. The molecule has 1 rings (SSSR count). The Bertz CT molecular complexity index is 357. The molecule has 158 valence electrons. The summed E-state index contributed by atoms with van der Waals surface area (Å²) in [6, 6.07) is 0. The SMILES string of the molecule is CCO.OC[C@@H](O)[C@@H](O[C@H]1O[C@H](CO)[C@@H](O)[C@H](O)[C@H]1O)[C@H](O)[C@@H](O)CO. The molecule has 1 saturated heterocycles. The first-order valence-electron chi connectivity index (χ1n) is 8.02. The van der Waals surface area contributed by atoms with Crippen molar-refractivity contribution in [3.63, 3.8) is 0 Å². The second-order valence-electron chi connectivity index (χ2n) is 5.60. The maximum absolute atomic E-state index is 9.83. The van der Waals surface area contributed by atoms with E-state index in [0.29, 0.717) is 0 Å². The first kappa shape index (κ1) is 25.5. The lowest BCUT2D eigenvalue weighted by atomic mass is 9.98. The molecule has 1 heterocycles. The van der Waals surface area contributed by atoms with Gasteiger partial charge in [0.25, 0.3) is 0 Å². The Labute approximate surface area is 150 Å². The second-order valence-corrected chi connectivity index (χ2v) is 5.60. The molecule has 12 heteroatoms. The van der Waals surface area contributed by atoms with Gasteiger partial charge in [0.1, 0.15) is 48.8 Å². The lowest BCUT2D eigenvalue weighted by Gasteiger charge is -2.42. The summed E-state index contributed by atoms with van der Waals surface area (Å²) in [4.78, 5) is 0. The van der Waals surface area contributed by atoms with Crippen molar-refractivity contribution in [3.05, 3.63) is 0 Å². The van der Waals surface area contributed by atoms with Gasteiger partial charge < -0.3 is 60.5 Å². The van der Waals surface area contributed by atoms with E-state index in [1.54, 1.807) is 6.92 Å². The Kier molecular flexibility index (Phi) is 12.6. The van der Waals surface area contributed by atoms with Crippen LogP contribution in [0.25, 0.3) is 0 Å². The average molecular weight is 390 g/mol. The van der Waals surface area contributed by atoms with E-state index < -0.39 is 74.9 Å². The van der Waals surface area contributed by atoms with Crippen molar-refractivity contribution in [1.29, 1.82) is 0 Å². The van der Waals surface area contributed by atoms with Crippen molar-refractivity contribution in [2.45, 2.75) is 62.0 Å². The summed E-state index contributed by atoms with van der Waals surface area (Å²) in [6.45, 7) is -0.523. The van der Waals surface area contributed by atoms with E-state index in [4.69, 9.17) is 29.9 Å². The summed E-state index contributed by atoms with van der Waals surface area (Å²) in [5, 5.41) is 92.5. The number of ether oxygens (including phenoxy) is 2. The molecule has 0 aromatic heterocycles. The quantitative estimate of drug-likeness (QED) is 0.187. The molecule has 9 atom stereocenters. The highest BCUT2D eigenvalue weighted by Gasteiger charge is 2.46. The fourth-order valence-electron chi connectivity index (χ4n) is 2.16. The first-order valence-corrected chi connectivity index (χ1v) is 8.02. The summed E-state index contributed by atoms with van der Waals surface area (Å²) >= 11 is 0. The second kappa shape index (κ2) is 12.8.